The van der Waals surface area contributed by atoms with Crippen LogP contribution in [0.2, 0.25) is 0 Å². The van der Waals surface area contributed by atoms with E-state index in [0.717, 1.165) is 11.1 Å². The summed E-state index contributed by atoms with van der Waals surface area (Å²) in [5, 5.41) is 12.6. The molecule has 0 saturated carbocycles. The summed E-state index contributed by atoms with van der Waals surface area (Å²) in [5.41, 5.74) is 2.97. The van der Waals surface area contributed by atoms with Crippen molar-refractivity contribution in [1.82, 2.24) is 10.3 Å². The van der Waals surface area contributed by atoms with Crippen LogP contribution in [-0.4, -0.2) is 22.6 Å². The van der Waals surface area contributed by atoms with Crippen LogP contribution < -0.4 is 5.32 Å². The van der Waals surface area contributed by atoms with Crippen molar-refractivity contribution < 1.29 is 9.90 Å². The van der Waals surface area contributed by atoms with Gasteiger partial charge in [0.25, 0.3) is 5.91 Å². The van der Waals surface area contributed by atoms with Crippen molar-refractivity contribution in [2.24, 2.45) is 0 Å². The molecular weight excluding hydrogens is 252 g/mol. The molecule has 106 valence electrons. The molecule has 20 heavy (non-hydrogen) atoms. The fraction of sp³-hybridized carbons (Fsp3) is 0.312. The number of aromatic amines is 1. The first-order chi connectivity index (χ1) is 9.46. The number of aromatic nitrogens is 1. The van der Waals surface area contributed by atoms with Crippen molar-refractivity contribution >= 4 is 5.91 Å². The van der Waals surface area contributed by atoms with Crippen molar-refractivity contribution in [3.63, 3.8) is 0 Å². The van der Waals surface area contributed by atoms with Gasteiger partial charge >= 0.3 is 0 Å². The topological polar surface area (TPSA) is 65.1 Å². The second-order valence-corrected chi connectivity index (χ2v) is 5.34. The maximum absolute atomic E-state index is 12.2. The Morgan fingerprint density at radius 3 is 2.60 bits per heavy atom. The fourth-order valence-corrected chi connectivity index (χ4v) is 2.08. The van der Waals surface area contributed by atoms with Gasteiger partial charge in [0, 0.05) is 12.4 Å². The maximum atomic E-state index is 12.2. The summed E-state index contributed by atoms with van der Waals surface area (Å²) in [6.45, 7) is 5.71. The Kier molecular flexibility index (Phi) is 3.95. The van der Waals surface area contributed by atoms with Gasteiger partial charge in [-0.25, -0.2) is 0 Å². The van der Waals surface area contributed by atoms with Crippen molar-refractivity contribution in [1.29, 1.82) is 0 Å². The molecule has 1 unspecified atom stereocenters. The van der Waals surface area contributed by atoms with E-state index in [2.05, 4.69) is 10.3 Å². The monoisotopic (exact) mass is 272 g/mol. The van der Waals surface area contributed by atoms with Gasteiger partial charge in [-0.05, 0) is 43.5 Å². The summed E-state index contributed by atoms with van der Waals surface area (Å²) >= 11 is 0. The Hall–Kier alpha value is -2.07. The van der Waals surface area contributed by atoms with E-state index in [-0.39, 0.29) is 12.5 Å². The molecule has 1 amide bonds. The third kappa shape index (κ3) is 2.75. The lowest BCUT2D eigenvalue weighted by Gasteiger charge is -2.29. The number of hydrogen-bond donors (Lipinski definition) is 3. The standard InChI is InChI=1S/C16H20N2O2/c1-11-4-5-14(8-12(11)2)16(3,10-19)18-15(20)13-6-7-17-9-13/h4-9,17,19H,10H2,1-3H3,(H,18,20). The Balaban J connectivity index is 2.28. The van der Waals surface area contributed by atoms with Crippen LogP contribution in [0.4, 0.5) is 0 Å². The SMILES string of the molecule is Cc1ccc(C(C)(CO)NC(=O)c2cc[nH]c2)cc1C. The van der Waals surface area contributed by atoms with E-state index in [1.807, 2.05) is 39.0 Å². The molecule has 0 saturated heterocycles. The first kappa shape index (κ1) is 14.3. The van der Waals surface area contributed by atoms with Crippen LogP contribution in [0, 0.1) is 13.8 Å². The molecule has 1 aromatic carbocycles. The largest absolute Gasteiger partial charge is 0.394 e. The highest BCUT2D eigenvalue weighted by molar-refractivity contribution is 5.94. The number of carbonyl (C=O) groups is 1. The van der Waals surface area contributed by atoms with E-state index in [1.54, 1.807) is 18.5 Å². The minimum atomic E-state index is -0.799. The molecule has 2 aromatic rings. The van der Waals surface area contributed by atoms with Crippen LogP contribution in [0.1, 0.15) is 34.0 Å². The summed E-state index contributed by atoms with van der Waals surface area (Å²) in [6, 6.07) is 7.65. The van der Waals surface area contributed by atoms with Crippen LogP contribution in [-0.2, 0) is 5.54 Å². The van der Waals surface area contributed by atoms with E-state index >= 15 is 0 Å². The highest BCUT2D eigenvalue weighted by Crippen LogP contribution is 2.23. The molecule has 3 N–H and O–H groups in total. The fourth-order valence-electron chi connectivity index (χ4n) is 2.08. The number of H-pyrrole nitrogens is 1. The molecule has 1 aromatic heterocycles. The minimum Gasteiger partial charge on any atom is -0.394 e. The van der Waals surface area contributed by atoms with Crippen LogP contribution in [0.3, 0.4) is 0 Å². The second kappa shape index (κ2) is 5.51. The number of aryl methyl sites for hydroxylation is 2. The quantitative estimate of drug-likeness (QED) is 0.799. The molecule has 0 aliphatic rings. The molecule has 0 aliphatic carbocycles. The molecule has 0 aliphatic heterocycles. The smallest absolute Gasteiger partial charge is 0.253 e. The average Bonchev–Trinajstić information content (AvgIpc) is 2.95. The summed E-state index contributed by atoms with van der Waals surface area (Å²) in [4.78, 5) is 15.0. The van der Waals surface area contributed by atoms with Gasteiger partial charge in [-0.15, -0.1) is 0 Å². The molecule has 0 spiro atoms. The predicted octanol–water partition coefficient (Wildman–Crippen LogP) is 2.27. The molecule has 2 rings (SSSR count). The number of aliphatic hydroxyl groups is 1. The van der Waals surface area contributed by atoms with Gasteiger partial charge in [-0.1, -0.05) is 18.2 Å². The number of benzene rings is 1. The lowest BCUT2D eigenvalue weighted by atomic mass is 9.90. The highest BCUT2D eigenvalue weighted by atomic mass is 16.3. The molecule has 1 heterocycles. The van der Waals surface area contributed by atoms with E-state index in [9.17, 15) is 9.90 Å². The predicted molar refractivity (Wildman–Crippen MR) is 78.6 cm³/mol. The molecule has 1 atom stereocenters. The number of amides is 1. The Bertz CT molecular complexity index is 605. The first-order valence-electron chi connectivity index (χ1n) is 6.60. The van der Waals surface area contributed by atoms with Crippen LogP contribution in [0.15, 0.2) is 36.7 Å². The van der Waals surface area contributed by atoms with E-state index in [1.165, 1.54) is 5.56 Å². The molecule has 0 fully saturated rings. The van der Waals surface area contributed by atoms with E-state index < -0.39 is 5.54 Å². The number of rotatable bonds is 4. The third-order valence-electron chi connectivity index (χ3n) is 3.71. The van der Waals surface area contributed by atoms with Crippen LogP contribution in [0.25, 0.3) is 0 Å². The normalized spacial score (nSPS) is 13.8. The van der Waals surface area contributed by atoms with E-state index in [0.29, 0.717) is 5.56 Å². The zero-order chi connectivity index (χ0) is 14.8. The van der Waals surface area contributed by atoms with Crippen molar-refractivity contribution in [3.8, 4) is 0 Å². The lowest BCUT2D eigenvalue weighted by Crippen LogP contribution is -2.46. The van der Waals surface area contributed by atoms with Gasteiger partial charge in [0.05, 0.1) is 17.7 Å². The zero-order valence-corrected chi connectivity index (χ0v) is 12.0. The summed E-state index contributed by atoms with van der Waals surface area (Å²) in [6.07, 6.45) is 3.33. The third-order valence-corrected chi connectivity index (χ3v) is 3.71. The summed E-state index contributed by atoms with van der Waals surface area (Å²) < 4.78 is 0. The van der Waals surface area contributed by atoms with Crippen molar-refractivity contribution in [2.75, 3.05) is 6.61 Å². The number of carbonyl (C=O) groups excluding carboxylic acids is 1. The minimum absolute atomic E-state index is 0.161. The number of nitrogens with one attached hydrogen (secondary N) is 2. The number of aliphatic hydroxyl groups excluding tert-OH is 1. The molecule has 0 bridgehead atoms. The van der Waals surface area contributed by atoms with Gasteiger partial charge in [0.15, 0.2) is 0 Å². The lowest BCUT2D eigenvalue weighted by molar-refractivity contribution is 0.0849. The van der Waals surface area contributed by atoms with Gasteiger partial charge < -0.3 is 15.4 Å². The van der Waals surface area contributed by atoms with Crippen LogP contribution >= 0.6 is 0 Å². The van der Waals surface area contributed by atoms with Gasteiger partial charge in [-0.2, -0.15) is 0 Å². The van der Waals surface area contributed by atoms with Gasteiger partial charge in [0.2, 0.25) is 0 Å². The average molecular weight is 272 g/mol. The summed E-state index contributed by atoms with van der Waals surface area (Å²) in [5.74, 6) is -0.207. The highest BCUT2D eigenvalue weighted by Gasteiger charge is 2.28. The molecular formula is C16H20N2O2. The van der Waals surface area contributed by atoms with Crippen molar-refractivity contribution in [2.45, 2.75) is 26.3 Å². The Morgan fingerprint density at radius 1 is 1.30 bits per heavy atom. The molecule has 4 nitrogen and oxygen atoms in total. The van der Waals surface area contributed by atoms with Crippen molar-refractivity contribution in [3.05, 3.63) is 58.9 Å². The van der Waals surface area contributed by atoms with Gasteiger partial charge in [0.1, 0.15) is 0 Å². The Labute approximate surface area is 118 Å². The Morgan fingerprint density at radius 2 is 2.05 bits per heavy atom. The first-order valence-corrected chi connectivity index (χ1v) is 6.60. The molecule has 0 radical (unpaired) electrons. The number of hydrogen-bond acceptors (Lipinski definition) is 2. The zero-order valence-electron chi connectivity index (χ0n) is 12.0. The van der Waals surface area contributed by atoms with Gasteiger partial charge in [-0.3, -0.25) is 4.79 Å². The second-order valence-electron chi connectivity index (χ2n) is 5.34. The summed E-state index contributed by atoms with van der Waals surface area (Å²) in [7, 11) is 0. The maximum Gasteiger partial charge on any atom is 0.253 e. The van der Waals surface area contributed by atoms with Crippen LogP contribution in [0.5, 0.6) is 0 Å². The molecule has 4 heteroatoms. The van der Waals surface area contributed by atoms with E-state index in [4.69, 9.17) is 0 Å².